The highest BCUT2D eigenvalue weighted by molar-refractivity contribution is 5.85. The van der Waals surface area contributed by atoms with Gasteiger partial charge in [0.25, 0.3) is 0 Å². The summed E-state index contributed by atoms with van der Waals surface area (Å²) in [5.41, 5.74) is 0.203. The molecule has 0 fully saturated rings. The van der Waals surface area contributed by atoms with E-state index in [1.54, 1.807) is 6.92 Å². The largest absolute Gasteiger partial charge is 0.480 e. The standard InChI is InChI=1S/C16H19F2NO5/c1-3-24-16(23)9(2)6-13(15(21)22)19-14(20)8-10-4-5-11(17)12(18)7-10/h4-5,7,9,13H,3,6,8H2,1-2H3,(H,19,20)(H,21,22)/t9-,13-/m1/s1. The van der Waals surface area contributed by atoms with E-state index in [4.69, 9.17) is 9.84 Å². The molecule has 24 heavy (non-hydrogen) atoms. The van der Waals surface area contributed by atoms with Gasteiger partial charge in [-0.25, -0.2) is 13.6 Å². The Balaban J connectivity index is 2.67. The summed E-state index contributed by atoms with van der Waals surface area (Å²) in [6.45, 7) is 3.29. The lowest BCUT2D eigenvalue weighted by Crippen LogP contribution is -2.43. The zero-order valence-electron chi connectivity index (χ0n) is 13.3. The Morgan fingerprint density at radius 3 is 2.46 bits per heavy atom. The highest BCUT2D eigenvalue weighted by Gasteiger charge is 2.26. The molecule has 0 unspecified atom stereocenters. The first-order chi connectivity index (χ1) is 11.2. The van der Waals surface area contributed by atoms with Crippen LogP contribution in [0.25, 0.3) is 0 Å². The molecule has 1 aromatic rings. The lowest BCUT2D eigenvalue weighted by molar-refractivity contribution is -0.149. The minimum Gasteiger partial charge on any atom is -0.480 e. The van der Waals surface area contributed by atoms with Crippen LogP contribution in [0.15, 0.2) is 18.2 Å². The quantitative estimate of drug-likeness (QED) is 0.701. The van der Waals surface area contributed by atoms with Gasteiger partial charge in [0, 0.05) is 0 Å². The number of aliphatic carboxylic acids is 1. The van der Waals surface area contributed by atoms with Crippen LogP contribution in [0.1, 0.15) is 25.8 Å². The monoisotopic (exact) mass is 343 g/mol. The number of esters is 1. The van der Waals surface area contributed by atoms with Gasteiger partial charge in [0.2, 0.25) is 5.91 Å². The molecule has 1 aromatic carbocycles. The topological polar surface area (TPSA) is 92.7 Å². The Morgan fingerprint density at radius 1 is 1.25 bits per heavy atom. The molecule has 0 bridgehead atoms. The van der Waals surface area contributed by atoms with Gasteiger partial charge in [0.1, 0.15) is 6.04 Å². The molecular weight excluding hydrogens is 324 g/mol. The van der Waals surface area contributed by atoms with Gasteiger partial charge >= 0.3 is 11.9 Å². The first-order valence-electron chi connectivity index (χ1n) is 7.37. The van der Waals surface area contributed by atoms with E-state index < -0.39 is 41.4 Å². The van der Waals surface area contributed by atoms with Crippen molar-refractivity contribution in [3.63, 3.8) is 0 Å². The summed E-state index contributed by atoms with van der Waals surface area (Å²) in [6.07, 6.45) is -0.452. The number of amides is 1. The van der Waals surface area contributed by atoms with Crippen molar-refractivity contribution in [1.29, 1.82) is 0 Å². The van der Waals surface area contributed by atoms with E-state index in [0.717, 1.165) is 12.1 Å². The third-order valence-electron chi connectivity index (χ3n) is 3.26. The van der Waals surface area contributed by atoms with Crippen LogP contribution >= 0.6 is 0 Å². The zero-order chi connectivity index (χ0) is 18.3. The molecule has 8 heteroatoms. The number of hydrogen-bond acceptors (Lipinski definition) is 4. The van der Waals surface area contributed by atoms with Crippen LogP contribution in [0.4, 0.5) is 8.78 Å². The molecule has 0 aliphatic carbocycles. The number of halogens is 2. The molecule has 6 nitrogen and oxygen atoms in total. The number of benzene rings is 1. The van der Waals surface area contributed by atoms with Gasteiger partial charge in [-0.05, 0) is 31.0 Å². The summed E-state index contributed by atoms with van der Waals surface area (Å²) in [5, 5.41) is 11.4. The van der Waals surface area contributed by atoms with Gasteiger partial charge in [0.15, 0.2) is 11.6 Å². The minimum atomic E-state index is -1.30. The average molecular weight is 343 g/mol. The summed E-state index contributed by atoms with van der Waals surface area (Å²) in [6, 6.07) is 1.69. The van der Waals surface area contributed by atoms with Gasteiger partial charge in [-0.2, -0.15) is 0 Å². The first-order valence-corrected chi connectivity index (χ1v) is 7.37. The summed E-state index contributed by atoms with van der Waals surface area (Å²) in [7, 11) is 0. The predicted octanol–water partition coefficient (Wildman–Crippen LogP) is 1.67. The lowest BCUT2D eigenvalue weighted by atomic mass is 10.0. The van der Waals surface area contributed by atoms with Crippen LogP contribution in [0.5, 0.6) is 0 Å². The van der Waals surface area contributed by atoms with Crippen molar-refractivity contribution in [3.05, 3.63) is 35.4 Å². The molecule has 0 saturated heterocycles. The van der Waals surface area contributed by atoms with Gasteiger partial charge in [-0.15, -0.1) is 0 Å². The normalized spacial score (nSPS) is 13.0. The summed E-state index contributed by atoms with van der Waals surface area (Å²) in [4.78, 5) is 34.7. The number of carboxylic acids is 1. The van der Waals surface area contributed by atoms with Crippen molar-refractivity contribution >= 4 is 17.8 Å². The smallest absolute Gasteiger partial charge is 0.326 e. The van der Waals surface area contributed by atoms with E-state index in [1.807, 2.05) is 0 Å². The van der Waals surface area contributed by atoms with Crippen molar-refractivity contribution in [1.82, 2.24) is 5.32 Å². The van der Waals surface area contributed by atoms with Crippen molar-refractivity contribution in [2.45, 2.75) is 32.7 Å². The van der Waals surface area contributed by atoms with Gasteiger partial charge < -0.3 is 15.2 Å². The molecule has 0 aromatic heterocycles. The third-order valence-corrected chi connectivity index (χ3v) is 3.26. The first kappa shape index (κ1) is 19.5. The Morgan fingerprint density at radius 2 is 1.92 bits per heavy atom. The molecule has 0 radical (unpaired) electrons. The number of rotatable bonds is 8. The number of ether oxygens (including phenoxy) is 1. The SMILES string of the molecule is CCOC(=O)[C@H](C)C[C@@H](NC(=O)Cc1ccc(F)c(F)c1)C(=O)O. The van der Waals surface area contributed by atoms with Crippen molar-refractivity contribution in [2.75, 3.05) is 6.61 Å². The highest BCUT2D eigenvalue weighted by Crippen LogP contribution is 2.11. The van der Waals surface area contributed by atoms with Crippen molar-refractivity contribution in [3.8, 4) is 0 Å². The Labute approximate surface area is 137 Å². The minimum absolute atomic E-state index is 0.141. The van der Waals surface area contributed by atoms with E-state index in [9.17, 15) is 23.2 Å². The molecule has 132 valence electrons. The fourth-order valence-electron chi connectivity index (χ4n) is 2.04. The zero-order valence-corrected chi connectivity index (χ0v) is 13.3. The average Bonchev–Trinajstić information content (AvgIpc) is 2.50. The van der Waals surface area contributed by atoms with Crippen LogP contribution in [0, 0.1) is 17.6 Å². The van der Waals surface area contributed by atoms with Crippen LogP contribution in [0.3, 0.4) is 0 Å². The molecule has 1 amide bonds. The number of carboxylic acid groups (broad SMARTS) is 1. The second-order valence-electron chi connectivity index (χ2n) is 5.27. The van der Waals surface area contributed by atoms with E-state index in [1.165, 1.54) is 13.0 Å². The van der Waals surface area contributed by atoms with E-state index >= 15 is 0 Å². The molecule has 0 saturated carbocycles. The maximum Gasteiger partial charge on any atom is 0.326 e. The molecule has 0 aliphatic heterocycles. The Bertz CT molecular complexity index is 620. The van der Waals surface area contributed by atoms with Crippen LogP contribution in [-0.2, 0) is 25.5 Å². The van der Waals surface area contributed by atoms with Gasteiger partial charge in [-0.3, -0.25) is 9.59 Å². The Kier molecular flexibility index (Phi) is 7.29. The number of nitrogens with one attached hydrogen (secondary N) is 1. The van der Waals surface area contributed by atoms with E-state index in [2.05, 4.69) is 5.32 Å². The molecule has 1 rings (SSSR count). The van der Waals surface area contributed by atoms with Crippen LogP contribution in [-0.4, -0.2) is 35.6 Å². The van der Waals surface area contributed by atoms with E-state index in [-0.39, 0.29) is 25.0 Å². The van der Waals surface area contributed by atoms with Crippen molar-refractivity contribution < 1.29 is 33.0 Å². The highest BCUT2D eigenvalue weighted by atomic mass is 19.2. The fraction of sp³-hybridized carbons (Fsp3) is 0.438. The fourth-order valence-corrected chi connectivity index (χ4v) is 2.04. The molecule has 0 spiro atoms. The second-order valence-corrected chi connectivity index (χ2v) is 5.27. The van der Waals surface area contributed by atoms with Crippen molar-refractivity contribution in [2.24, 2.45) is 5.92 Å². The van der Waals surface area contributed by atoms with Gasteiger partial charge in [-0.1, -0.05) is 13.0 Å². The molecule has 2 N–H and O–H groups in total. The number of hydrogen-bond donors (Lipinski definition) is 2. The summed E-state index contributed by atoms with van der Waals surface area (Å²) < 4.78 is 30.7. The number of carbonyl (C=O) groups is 3. The molecular formula is C16H19F2NO5. The maximum absolute atomic E-state index is 13.1. The third kappa shape index (κ3) is 5.94. The van der Waals surface area contributed by atoms with Crippen LogP contribution < -0.4 is 5.32 Å². The molecule has 0 heterocycles. The maximum atomic E-state index is 13.1. The second kappa shape index (κ2) is 8.95. The lowest BCUT2D eigenvalue weighted by Gasteiger charge is -2.18. The Hall–Kier alpha value is -2.51. The molecule has 0 aliphatic rings. The summed E-state index contributed by atoms with van der Waals surface area (Å²) >= 11 is 0. The molecule has 2 atom stereocenters. The number of carbonyl (C=O) groups excluding carboxylic acids is 2. The predicted molar refractivity (Wildman–Crippen MR) is 80.0 cm³/mol. The summed E-state index contributed by atoms with van der Waals surface area (Å²) in [5.74, 6) is -5.38. The van der Waals surface area contributed by atoms with E-state index in [0.29, 0.717) is 0 Å². The van der Waals surface area contributed by atoms with Gasteiger partial charge in [0.05, 0.1) is 18.9 Å². The van der Waals surface area contributed by atoms with Crippen LogP contribution in [0.2, 0.25) is 0 Å².